The van der Waals surface area contributed by atoms with Gasteiger partial charge in [0.05, 0.1) is 5.92 Å². The molecule has 3 atom stereocenters. The fourth-order valence-electron chi connectivity index (χ4n) is 3.17. The number of fused-ring (bicyclic) bond motifs is 3. The molecule has 0 amide bonds. The summed E-state index contributed by atoms with van der Waals surface area (Å²) in [5, 5.41) is 3.56. The summed E-state index contributed by atoms with van der Waals surface area (Å²) in [4.78, 5) is 4.43. The van der Waals surface area contributed by atoms with Crippen LogP contribution in [0.15, 0.2) is 22.6 Å². The second-order valence-corrected chi connectivity index (χ2v) is 5.05. The van der Waals surface area contributed by atoms with E-state index in [9.17, 15) is 4.39 Å². The van der Waals surface area contributed by atoms with Gasteiger partial charge in [-0.25, -0.2) is 9.37 Å². The molecule has 0 aliphatic carbocycles. The Kier molecular flexibility index (Phi) is 1.86. The lowest BCUT2D eigenvalue weighted by atomic mass is 9.89. The van der Waals surface area contributed by atoms with Gasteiger partial charge in [-0.15, -0.1) is 0 Å². The summed E-state index contributed by atoms with van der Waals surface area (Å²) in [6.45, 7) is 0. The number of hydrogen-bond donors (Lipinski definition) is 1. The molecule has 0 spiro atoms. The number of nitrogens with one attached hydrogen (secondary N) is 1. The van der Waals surface area contributed by atoms with Crippen LogP contribution in [0.1, 0.15) is 31.1 Å². The van der Waals surface area contributed by atoms with E-state index in [1.165, 1.54) is 25.0 Å². The first kappa shape index (κ1) is 9.59. The van der Waals surface area contributed by atoms with Gasteiger partial charge in [-0.1, -0.05) is 0 Å². The molecule has 2 aromatic rings. The predicted octanol–water partition coefficient (Wildman–Crippen LogP) is 2.57. The third kappa shape index (κ3) is 1.40. The van der Waals surface area contributed by atoms with Crippen molar-refractivity contribution < 1.29 is 8.81 Å². The van der Waals surface area contributed by atoms with Crippen molar-refractivity contribution >= 4 is 11.1 Å². The Balaban J connectivity index is 1.76. The highest BCUT2D eigenvalue weighted by molar-refractivity contribution is 5.72. The molecule has 1 aromatic heterocycles. The summed E-state index contributed by atoms with van der Waals surface area (Å²) in [6, 6.07) is 5.62. The molecule has 4 rings (SSSR count). The molecule has 2 saturated heterocycles. The third-order valence-corrected chi connectivity index (χ3v) is 3.98. The number of halogens is 1. The summed E-state index contributed by atoms with van der Waals surface area (Å²) in [6.07, 6.45) is 3.55. The van der Waals surface area contributed by atoms with E-state index in [0.717, 1.165) is 12.3 Å². The molecular weight excluding hydrogens is 219 g/mol. The van der Waals surface area contributed by atoms with Crippen molar-refractivity contribution in [1.82, 2.24) is 10.3 Å². The van der Waals surface area contributed by atoms with Gasteiger partial charge in [-0.2, -0.15) is 0 Å². The molecule has 17 heavy (non-hydrogen) atoms. The highest BCUT2D eigenvalue weighted by atomic mass is 19.1. The lowest BCUT2D eigenvalue weighted by Crippen LogP contribution is -2.21. The van der Waals surface area contributed by atoms with Crippen molar-refractivity contribution in [1.29, 1.82) is 0 Å². The summed E-state index contributed by atoms with van der Waals surface area (Å²) < 4.78 is 18.8. The van der Waals surface area contributed by atoms with Crippen LogP contribution in [0, 0.1) is 5.82 Å². The molecule has 4 heteroatoms. The number of nitrogens with zero attached hydrogens (tertiary/aromatic N) is 1. The van der Waals surface area contributed by atoms with Crippen molar-refractivity contribution in [2.75, 3.05) is 0 Å². The molecule has 0 saturated carbocycles. The minimum atomic E-state index is -0.261. The number of rotatable bonds is 1. The van der Waals surface area contributed by atoms with Crippen LogP contribution in [0.4, 0.5) is 4.39 Å². The lowest BCUT2D eigenvalue weighted by molar-refractivity contribution is 0.408. The zero-order valence-electron chi connectivity index (χ0n) is 9.32. The Bertz CT molecular complexity index is 580. The van der Waals surface area contributed by atoms with E-state index >= 15 is 0 Å². The van der Waals surface area contributed by atoms with Crippen LogP contribution < -0.4 is 5.32 Å². The zero-order chi connectivity index (χ0) is 11.4. The van der Waals surface area contributed by atoms with Crippen LogP contribution in [0.3, 0.4) is 0 Å². The minimum Gasteiger partial charge on any atom is -0.440 e. The molecule has 3 heterocycles. The maximum absolute atomic E-state index is 13.1. The lowest BCUT2D eigenvalue weighted by Gasteiger charge is -2.15. The summed E-state index contributed by atoms with van der Waals surface area (Å²) in [7, 11) is 0. The van der Waals surface area contributed by atoms with Crippen LogP contribution >= 0.6 is 0 Å². The van der Waals surface area contributed by atoms with Crippen molar-refractivity contribution in [3.63, 3.8) is 0 Å². The molecule has 2 bridgehead atoms. The average Bonchev–Trinajstić information content (AvgIpc) is 3.01. The molecule has 2 aliphatic rings. The maximum Gasteiger partial charge on any atom is 0.200 e. The van der Waals surface area contributed by atoms with Crippen LogP contribution in [-0.4, -0.2) is 17.1 Å². The summed E-state index contributed by atoms with van der Waals surface area (Å²) >= 11 is 0. The summed E-state index contributed by atoms with van der Waals surface area (Å²) in [5.41, 5.74) is 1.31. The molecule has 2 aliphatic heterocycles. The normalized spacial score (nSPS) is 31.5. The molecule has 3 nitrogen and oxygen atoms in total. The van der Waals surface area contributed by atoms with Gasteiger partial charge in [0.15, 0.2) is 11.5 Å². The van der Waals surface area contributed by atoms with Crippen LogP contribution in [0.2, 0.25) is 0 Å². The molecule has 1 aromatic carbocycles. The number of aromatic nitrogens is 1. The molecular formula is C13H13FN2O. The third-order valence-electron chi connectivity index (χ3n) is 3.98. The van der Waals surface area contributed by atoms with Crippen LogP contribution in [0.25, 0.3) is 11.1 Å². The van der Waals surface area contributed by atoms with Crippen molar-refractivity contribution in [3.8, 4) is 0 Å². The fraction of sp³-hybridized carbons (Fsp3) is 0.462. The molecule has 0 radical (unpaired) electrons. The van der Waals surface area contributed by atoms with Gasteiger partial charge < -0.3 is 9.73 Å². The molecule has 1 N–H and O–H groups in total. The average molecular weight is 232 g/mol. The van der Waals surface area contributed by atoms with E-state index in [1.807, 2.05) is 0 Å². The highest BCUT2D eigenvalue weighted by Crippen LogP contribution is 2.40. The zero-order valence-corrected chi connectivity index (χ0v) is 9.32. The Labute approximate surface area is 98.0 Å². The van der Waals surface area contributed by atoms with Gasteiger partial charge in [0.25, 0.3) is 0 Å². The van der Waals surface area contributed by atoms with Crippen molar-refractivity contribution in [2.45, 2.75) is 37.3 Å². The topological polar surface area (TPSA) is 38.1 Å². The Morgan fingerprint density at radius 1 is 1.35 bits per heavy atom. The largest absolute Gasteiger partial charge is 0.440 e. The highest BCUT2D eigenvalue weighted by Gasteiger charge is 2.42. The fourth-order valence-corrected chi connectivity index (χ4v) is 3.17. The number of benzene rings is 1. The van der Waals surface area contributed by atoms with E-state index in [0.29, 0.717) is 29.1 Å². The molecule has 3 unspecified atom stereocenters. The standard InChI is InChI=1S/C13H13FN2O/c14-7-1-4-12-11(5-7)16-13(17-12)9-6-8-2-3-10(9)15-8/h1,4-5,8-10,15H,2-3,6H2. The monoisotopic (exact) mass is 232 g/mol. The molecule has 88 valence electrons. The SMILES string of the molecule is Fc1ccc2oc(C3CC4CCC3N4)nc2c1. The molecule has 2 fully saturated rings. The first-order valence-electron chi connectivity index (χ1n) is 6.11. The van der Waals surface area contributed by atoms with Gasteiger partial charge in [0, 0.05) is 18.2 Å². The van der Waals surface area contributed by atoms with Crippen LogP contribution in [0.5, 0.6) is 0 Å². The quantitative estimate of drug-likeness (QED) is 0.821. The first-order chi connectivity index (χ1) is 8.29. The number of oxazole rings is 1. The van der Waals surface area contributed by atoms with Gasteiger partial charge in [0.1, 0.15) is 11.3 Å². The maximum atomic E-state index is 13.1. The van der Waals surface area contributed by atoms with E-state index in [4.69, 9.17) is 4.42 Å². The van der Waals surface area contributed by atoms with Gasteiger partial charge in [-0.05, 0) is 31.4 Å². The first-order valence-corrected chi connectivity index (χ1v) is 6.11. The van der Waals surface area contributed by atoms with E-state index < -0.39 is 0 Å². The van der Waals surface area contributed by atoms with Gasteiger partial charge in [0.2, 0.25) is 0 Å². The second-order valence-electron chi connectivity index (χ2n) is 5.05. The Hall–Kier alpha value is -1.42. The van der Waals surface area contributed by atoms with E-state index in [1.54, 1.807) is 6.07 Å². The summed E-state index contributed by atoms with van der Waals surface area (Å²) in [5.74, 6) is 0.873. The van der Waals surface area contributed by atoms with Gasteiger partial charge in [-0.3, -0.25) is 0 Å². The Morgan fingerprint density at radius 2 is 2.29 bits per heavy atom. The van der Waals surface area contributed by atoms with Crippen molar-refractivity contribution in [2.24, 2.45) is 0 Å². The van der Waals surface area contributed by atoms with Crippen LogP contribution in [-0.2, 0) is 0 Å². The Morgan fingerprint density at radius 3 is 3.06 bits per heavy atom. The van der Waals surface area contributed by atoms with Gasteiger partial charge >= 0.3 is 0 Å². The minimum absolute atomic E-state index is 0.261. The van der Waals surface area contributed by atoms with E-state index in [2.05, 4.69) is 10.3 Å². The second kappa shape index (κ2) is 3.29. The van der Waals surface area contributed by atoms with E-state index in [-0.39, 0.29) is 5.82 Å². The predicted molar refractivity (Wildman–Crippen MR) is 61.3 cm³/mol. The number of hydrogen-bond acceptors (Lipinski definition) is 3. The van der Waals surface area contributed by atoms with Crippen molar-refractivity contribution in [3.05, 3.63) is 29.9 Å². The smallest absolute Gasteiger partial charge is 0.200 e.